The van der Waals surface area contributed by atoms with Crippen LogP contribution in [0.5, 0.6) is 0 Å². The lowest BCUT2D eigenvalue weighted by atomic mass is 10.1. The van der Waals surface area contributed by atoms with Gasteiger partial charge in [0.05, 0.1) is 11.8 Å². The van der Waals surface area contributed by atoms with Crippen LogP contribution in [0.3, 0.4) is 0 Å². The van der Waals surface area contributed by atoms with Crippen molar-refractivity contribution in [2.45, 2.75) is 32.9 Å². The van der Waals surface area contributed by atoms with Crippen LogP contribution >= 0.6 is 0 Å². The van der Waals surface area contributed by atoms with Crippen LogP contribution < -0.4 is 14.8 Å². The van der Waals surface area contributed by atoms with E-state index in [1.165, 1.54) is 0 Å². The molecule has 0 saturated carbocycles. The van der Waals surface area contributed by atoms with E-state index in [0.717, 1.165) is 5.56 Å². The molecule has 21 heavy (non-hydrogen) atoms. The molecule has 8 heteroatoms. The van der Waals surface area contributed by atoms with E-state index < -0.39 is 22.4 Å². The minimum atomic E-state index is -4.01. The summed E-state index contributed by atoms with van der Waals surface area (Å²) in [4.78, 5) is 11.3. The standard InChI is InChI=1S/C13H21N3O4S/c1-9(2)20-13(17)16-21(18,19)15-12-7-5-11(6-8-12)10(3)14-4/h5-10,14-15H,1-4H3,(H,16,17). The Morgan fingerprint density at radius 3 is 2.19 bits per heavy atom. The Morgan fingerprint density at radius 1 is 1.14 bits per heavy atom. The van der Waals surface area contributed by atoms with Crippen molar-refractivity contribution < 1.29 is 17.9 Å². The van der Waals surface area contributed by atoms with Crippen molar-refractivity contribution >= 4 is 22.0 Å². The van der Waals surface area contributed by atoms with Crippen LogP contribution in [0.2, 0.25) is 0 Å². The van der Waals surface area contributed by atoms with Crippen molar-refractivity contribution in [2.24, 2.45) is 0 Å². The predicted octanol–water partition coefficient (Wildman–Crippen LogP) is 1.76. The molecule has 118 valence electrons. The Kier molecular flexibility index (Phi) is 5.98. The van der Waals surface area contributed by atoms with Gasteiger partial charge in [-0.3, -0.25) is 4.72 Å². The molecule has 0 saturated heterocycles. The zero-order valence-electron chi connectivity index (χ0n) is 12.5. The van der Waals surface area contributed by atoms with Gasteiger partial charge < -0.3 is 10.1 Å². The molecule has 0 aliphatic carbocycles. The molecule has 0 bridgehead atoms. The summed E-state index contributed by atoms with van der Waals surface area (Å²) < 4.78 is 32.2. The number of hydrogen-bond acceptors (Lipinski definition) is 5. The number of ether oxygens (including phenoxy) is 1. The Bertz CT molecular complexity index is 570. The molecule has 0 radical (unpaired) electrons. The Morgan fingerprint density at radius 2 is 1.71 bits per heavy atom. The molecule has 1 aromatic rings. The highest BCUT2D eigenvalue weighted by Crippen LogP contribution is 2.16. The predicted molar refractivity (Wildman–Crippen MR) is 81.2 cm³/mol. The second-order valence-corrected chi connectivity index (χ2v) is 6.21. The van der Waals surface area contributed by atoms with Crippen molar-refractivity contribution in [3.05, 3.63) is 29.8 Å². The van der Waals surface area contributed by atoms with Gasteiger partial charge in [-0.1, -0.05) is 12.1 Å². The minimum absolute atomic E-state index is 0.162. The van der Waals surface area contributed by atoms with Gasteiger partial charge in [-0.25, -0.2) is 9.52 Å². The van der Waals surface area contributed by atoms with Crippen molar-refractivity contribution in [3.8, 4) is 0 Å². The lowest BCUT2D eigenvalue weighted by Crippen LogP contribution is -2.36. The smallest absolute Gasteiger partial charge is 0.422 e. The van der Waals surface area contributed by atoms with Crippen LogP contribution in [-0.4, -0.2) is 27.7 Å². The zero-order chi connectivity index (χ0) is 16.0. The largest absolute Gasteiger partial charge is 0.446 e. The van der Waals surface area contributed by atoms with Gasteiger partial charge in [-0.2, -0.15) is 8.42 Å². The van der Waals surface area contributed by atoms with Gasteiger partial charge >= 0.3 is 16.3 Å². The molecule has 1 atom stereocenters. The molecule has 0 aliphatic heterocycles. The molecule has 0 heterocycles. The highest BCUT2D eigenvalue weighted by Gasteiger charge is 2.16. The monoisotopic (exact) mass is 315 g/mol. The molecule has 1 aromatic carbocycles. The average molecular weight is 315 g/mol. The van der Waals surface area contributed by atoms with Crippen LogP contribution in [-0.2, 0) is 14.9 Å². The molecule has 3 N–H and O–H groups in total. The van der Waals surface area contributed by atoms with Crippen molar-refractivity contribution in [3.63, 3.8) is 0 Å². The summed E-state index contributed by atoms with van der Waals surface area (Å²) >= 11 is 0. The number of anilines is 1. The van der Waals surface area contributed by atoms with Gasteiger partial charge in [0.1, 0.15) is 0 Å². The molecule has 0 fully saturated rings. The minimum Gasteiger partial charge on any atom is -0.446 e. The number of rotatable bonds is 6. The molecule has 1 rings (SSSR count). The average Bonchev–Trinajstić information content (AvgIpc) is 2.36. The zero-order valence-corrected chi connectivity index (χ0v) is 13.3. The van der Waals surface area contributed by atoms with Gasteiger partial charge in [0.25, 0.3) is 0 Å². The Balaban J connectivity index is 2.69. The third-order valence-electron chi connectivity index (χ3n) is 2.66. The van der Waals surface area contributed by atoms with Crippen molar-refractivity contribution in [1.82, 2.24) is 10.0 Å². The first kappa shape index (κ1) is 17.3. The van der Waals surface area contributed by atoms with Gasteiger partial charge in [-0.15, -0.1) is 0 Å². The highest BCUT2D eigenvalue weighted by atomic mass is 32.2. The fourth-order valence-corrected chi connectivity index (χ4v) is 2.30. The van der Waals surface area contributed by atoms with E-state index >= 15 is 0 Å². The summed E-state index contributed by atoms with van der Waals surface area (Å²) in [6.07, 6.45) is -1.42. The molecule has 7 nitrogen and oxygen atoms in total. The number of hydrogen-bond donors (Lipinski definition) is 3. The van der Waals surface area contributed by atoms with Crippen LogP contribution in [0.4, 0.5) is 10.5 Å². The first-order valence-electron chi connectivity index (χ1n) is 6.52. The van der Waals surface area contributed by atoms with E-state index in [-0.39, 0.29) is 6.04 Å². The third-order valence-corrected chi connectivity index (χ3v) is 3.60. The Hall–Kier alpha value is -1.80. The molecular weight excluding hydrogens is 294 g/mol. The number of carbonyl (C=O) groups is 1. The molecule has 0 aromatic heterocycles. The normalized spacial score (nSPS) is 12.8. The summed E-state index contributed by atoms with van der Waals surface area (Å²) in [5.74, 6) is 0. The highest BCUT2D eigenvalue weighted by molar-refractivity contribution is 7.91. The quantitative estimate of drug-likeness (QED) is 0.743. The van der Waals surface area contributed by atoms with E-state index in [1.807, 2.05) is 14.0 Å². The summed E-state index contributed by atoms with van der Waals surface area (Å²) in [7, 11) is -2.17. The van der Waals surface area contributed by atoms with Crippen LogP contribution in [0.25, 0.3) is 0 Å². The fourth-order valence-electron chi connectivity index (χ4n) is 1.54. The van der Waals surface area contributed by atoms with E-state index in [2.05, 4.69) is 10.0 Å². The molecule has 0 spiro atoms. The van der Waals surface area contributed by atoms with Gasteiger partial charge in [0.2, 0.25) is 0 Å². The maximum atomic E-state index is 11.7. The summed E-state index contributed by atoms with van der Waals surface area (Å²) in [6, 6.07) is 7.00. The van der Waals surface area contributed by atoms with Crippen LogP contribution in [0, 0.1) is 0 Å². The first-order valence-corrected chi connectivity index (χ1v) is 8.00. The molecule has 1 unspecified atom stereocenters. The SMILES string of the molecule is CNC(C)c1ccc(NS(=O)(=O)NC(=O)OC(C)C)cc1. The molecule has 1 amide bonds. The van der Waals surface area contributed by atoms with E-state index in [9.17, 15) is 13.2 Å². The third kappa shape index (κ3) is 6.01. The number of benzene rings is 1. The van der Waals surface area contributed by atoms with E-state index in [1.54, 1.807) is 42.8 Å². The van der Waals surface area contributed by atoms with Crippen LogP contribution in [0.1, 0.15) is 32.4 Å². The number of amides is 1. The van der Waals surface area contributed by atoms with E-state index in [4.69, 9.17) is 4.74 Å². The topological polar surface area (TPSA) is 96.5 Å². The van der Waals surface area contributed by atoms with E-state index in [0.29, 0.717) is 5.69 Å². The number of carbonyl (C=O) groups excluding carboxylic acids is 1. The second kappa shape index (κ2) is 7.28. The second-order valence-electron chi connectivity index (χ2n) is 4.79. The number of nitrogens with one attached hydrogen (secondary N) is 3. The molecular formula is C13H21N3O4S. The summed E-state index contributed by atoms with van der Waals surface area (Å²) in [6.45, 7) is 5.24. The lowest BCUT2D eigenvalue weighted by molar-refractivity contribution is 0.121. The van der Waals surface area contributed by atoms with Gasteiger partial charge in [0.15, 0.2) is 0 Å². The maximum absolute atomic E-state index is 11.7. The van der Waals surface area contributed by atoms with Gasteiger partial charge in [0, 0.05) is 6.04 Å². The fraction of sp³-hybridized carbons (Fsp3) is 0.462. The Labute approximate surface area is 125 Å². The van der Waals surface area contributed by atoms with Crippen molar-refractivity contribution in [2.75, 3.05) is 11.8 Å². The first-order chi connectivity index (χ1) is 9.73. The van der Waals surface area contributed by atoms with Crippen LogP contribution in [0.15, 0.2) is 24.3 Å². The summed E-state index contributed by atoms with van der Waals surface area (Å²) in [5.41, 5.74) is 1.37. The van der Waals surface area contributed by atoms with Gasteiger partial charge in [-0.05, 0) is 45.5 Å². The van der Waals surface area contributed by atoms with Crippen molar-refractivity contribution in [1.29, 1.82) is 0 Å². The maximum Gasteiger partial charge on any atom is 0.422 e. The molecule has 0 aliphatic rings. The lowest BCUT2D eigenvalue weighted by Gasteiger charge is -2.13. The summed E-state index contributed by atoms with van der Waals surface area (Å²) in [5, 5.41) is 3.08.